The largest absolute Gasteiger partial charge is 0.497 e. The summed E-state index contributed by atoms with van der Waals surface area (Å²) < 4.78 is 38.5. The van der Waals surface area contributed by atoms with Gasteiger partial charge in [-0.1, -0.05) is 17.7 Å². The highest BCUT2D eigenvalue weighted by Crippen LogP contribution is 2.32. The molecule has 1 saturated heterocycles. The first-order valence-corrected chi connectivity index (χ1v) is 11.7. The van der Waals surface area contributed by atoms with Crippen molar-refractivity contribution in [3.8, 4) is 11.5 Å². The molecule has 0 aliphatic carbocycles. The van der Waals surface area contributed by atoms with E-state index in [9.17, 15) is 13.2 Å². The molecule has 3 rings (SSSR count). The van der Waals surface area contributed by atoms with Gasteiger partial charge in [-0.3, -0.25) is 4.79 Å². The third-order valence-corrected chi connectivity index (χ3v) is 7.90. The van der Waals surface area contributed by atoms with E-state index in [4.69, 9.17) is 9.47 Å². The molecule has 0 unspecified atom stereocenters. The van der Waals surface area contributed by atoms with E-state index in [1.165, 1.54) is 11.4 Å². The van der Waals surface area contributed by atoms with E-state index in [0.717, 1.165) is 16.7 Å². The minimum absolute atomic E-state index is 0.147. The number of sulfonamides is 1. The second-order valence-electron chi connectivity index (χ2n) is 7.96. The molecule has 0 spiro atoms. The second kappa shape index (κ2) is 9.28. The van der Waals surface area contributed by atoms with E-state index in [1.807, 2.05) is 32.9 Å². The van der Waals surface area contributed by atoms with Crippen molar-refractivity contribution in [2.75, 3.05) is 32.6 Å². The highest BCUT2D eigenvalue weighted by molar-refractivity contribution is 7.89. The van der Waals surface area contributed by atoms with Crippen LogP contribution in [0.1, 0.15) is 29.5 Å². The quantitative estimate of drug-likeness (QED) is 0.732. The average Bonchev–Trinajstić information content (AvgIpc) is 2.72. The van der Waals surface area contributed by atoms with Gasteiger partial charge >= 0.3 is 0 Å². The van der Waals surface area contributed by atoms with Crippen molar-refractivity contribution in [3.63, 3.8) is 0 Å². The van der Waals surface area contributed by atoms with Gasteiger partial charge in [-0.05, 0) is 56.9 Å². The van der Waals surface area contributed by atoms with Crippen molar-refractivity contribution >= 4 is 21.6 Å². The number of rotatable bonds is 6. The Kier molecular flexibility index (Phi) is 6.91. The lowest BCUT2D eigenvalue weighted by Gasteiger charge is -2.31. The summed E-state index contributed by atoms with van der Waals surface area (Å²) in [5.74, 6) is 0.731. The van der Waals surface area contributed by atoms with Crippen LogP contribution < -0.4 is 14.8 Å². The van der Waals surface area contributed by atoms with Crippen molar-refractivity contribution in [2.45, 2.75) is 38.5 Å². The van der Waals surface area contributed by atoms with Gasteiger partial charge in [-0.2, -0.15) is 4.31 Å². The molecule has 168 valence electrons. The summed E-state index contributed by atoms with van der Waals surface area (Å²) in [6.45, 7) is 6.23. The molecule has 0 saturated carbocycles. The molecule has 0 atom stereocenters. The maximum absolute atomic E-state index is 13.3. The van der Waals surface area contributed by atoms with E-state index >= 15 is 0 Å². The highest BCUT2D eigenvalue weighted by atomic mass is 32.2. The first-order chi connectivity index (χ1) is 14.7. The lowest BCUT2D eigenvalue weighted by atomic mass is 9.97. The van der Waals surface area contributed by atoms with Crippen LogP contribution in [-0.4, -0.2) is 45.9 Å². The number of carbonyl (C=O) groups is 1. The van der Waals surface area contributed by atoms with E-state index in [1.54, 1.807) is 25.3 Å². The topological polar surface area (TPSA) is 84.9 Å². The Hall–Kier alpha value is -2.58. The van der Waals surface area contributed by atoms with Crippen LogP contribution in [0.5, 0.6) is 11.5 Å². The molecule has 1 heterocycles. The van der Waals surface area contributed by atoms with Crippen molar-refractivity contribution in [1.82, 2.24) is 4.31 Å². The zero-order chi connectivity index (χ0) is 22.8. The van der Waals surface area contributed by atoms with E-state index in [-0.39, 0.29) is 11.8 Å². The molecule has 7 nitrogen and oxygen atoms in total. The molecular weight excluding hydrogens is 416 g/mol. The maximum Gasteiger partial charge on any atom is 0.243 e. The number of benzene rings is 2. The van der Waals surface area contributed by atoms with Crippen LogP contribution in [0.2, 0.25) is 0 Å². The molecule has 0 bridgehead atoms. The smallest absolute Gasteiger partial charge is 0.243 e. The number of amides is 1. The predicted octanol–water partition coefficient (Wildman–Crippen LogP) is 3.67. The number of hydrogen-bond donors (Lipinski definition) is 1. The van der Waals surface area contributed by atoms with E-state index in [0.29, 0.717) is 48.0 Å². The molecule has 1 N–H and O–H groups in total. The second-order valence-corrected chi connectivity index (χ2v) is 9.84. The molecule has 1 fully saturated rings. The number of anilines is 1. The van der Waals surface area contributed by atoms with Crippen LogP contribution in [0.15, 0.2) is 35.2 Å². The van der Waals surface area contributed by atoms with E-state index in [2.05, 4.69) is 5.32 Å². The van der Waals surface area contributed by atoms with E-state index < -0.39 is 10.0 Å². The Balaban J connectivity index is 1.70. The summed E-state index contributed by atoms with van der Waals surface area (Å²) in [6.07, 6.45) is 0.919. The SMILES string of the molecule is COc1ccc(OC)c(NC(=O)C2CCN(S(=O)(=O)c3c(C)cc(C)cc3C)CC2)c1. The Labute approximate surface area is 184 Å². The number of aryl methyl sites for hydroxylation is 3. The summed E-state index contributed by atoms with van der Waals surface area (Å²) in [5.41, 5.74) is 3.08. The average molecular weight is 447 g/mol. The number of nitrogens with one attached hydrogen (secondary N) is 1. The molecule has 0 radical (unpaired) electrons. The zero-order valence-corrected chi connectivity index (χ0v) is 19.5. The Morgan fingerprint density at radius 1 is 1.00 bits per heavy atom. The summed E-state index contributed by atoms with van der Waals surface area (Å²) in [4.78, 5) is 13.2. The van der Waals surface area contributed by atoms with Gasteiger partial charge in [0.15, 0.2) is 0 Å². The van der Waals surface area contributed by atoms with Crippen molar-refractivity contribution in [1.29, 1.82) is 0 Å². The van der Waals surface area contributed by atoms with Crippen LogP contribution in [-0.2, 0) is 14.8 Å². The Morgan fingerprint density at radius 3 is 2.16 bits per heavy atom. The van der Waals surface area contributed by atoms with Gasteiger partial charge in [0.2, 0.25) is 15.9 Å². The normalized spacial score (nSPS) is 15.5. The molecule has 1 amide bonds. The number of carbonyl (C=O) groups excluding carboxylic acids is 1. The Bertz CT molecular complexity index is 1050. The van der Waals surface area contributed by atoms with Gasteiger partial charge in [0, 0.05) is 25.1 Å². The Morgan fingerprint density at radius 2 is 1.61 bits per heavy atom. The van der Waals surface area contributed by atoms with Gasteiger partial charge < -0.3 is 14.8 Å². The van der Waals surface area contributed by atoms with Crippen molar-refractivity contribution in [3.05, 3.63) is 47.0 Å². The standard InChI is InChI=1S/C23H30N2O5S/c1-15-12-16(2)22(17(3)13-15)31(27,28)25-10-8-18(9-11-25)23(26)24-20-14-19(29-4)6-7-21(20)30-5/h6-7,12-14,18H,8-11H2,1-5H3,(H,24,26). The van der Waals surface area contributed by atoms with Crippen molar-refractivity contribution < 1.29 is 22.7 Å². The first kappa shape index (κ1) is 23.1. The summed E-state index contributed by atoms with van der Waals surface area (Å²) in [6, 6.07) is 8.98. The highest BCUT2D eigenvalue weighted by Gasteiger charge is 2.34. The molecular formula is C23H30N2O5S. The number of methoxy groups -OCH3 is 2. The van der Waals surface area contributed by atoms with Crippen LogP contribution in [0.25, 0.3) is 0 Å². The number of nitrogens with zero attached hydrogens (tertiary/aromatic N) is 1. The van der Waals surface area contributed by atoms with Crippen LogP contribution in [0, 0.1) is 26.7 Å². The molecule has 1 aliphatic heterocycles. The predicted molar refractivity (Wildman–Crippen MR) is 120 cm³/mol. The maximum atomic E-state index is 13.3. The third-order valence-electron chi connectivity index (χ3n) is 5.69. The fraction of sp³-hybridized carbons (Fsp3) is 0.435. The van der Waals surface area contributed by atoms with Crippen LogP contribution >= 0.6 is 0 Å². The van der Waals surface area contributed by atoms with Gasteiger partial charge in [-0.25, -0.2) is 8.42 Å². The summed E-state index contributed by atoms with van der Waals surface area (Å²) >= 11 is 0. The minimum atomic E-state index is -3.60. The number of piperidine rings is 1. The molecule has 2 aromatic rings. The van der Waals surface area contributed by atoms with Crippen LogP contribution in [0.3, 0.4) is 0 Å². The number of ether oxygens (including phenoxy) is 2. The first-order valence-electron chi connectivity index (χ1n) is 10.3. The molecule has 2 aromatic carbocycles. The molecule has 0 aromatic heterocycles. The monoisotopic (exact) mass is 446 g/mol. The fourth-order valence-electron chi connectivity index (χ4n) is 4.21. The van der Waals surface area contributed by atoms with Gasteiger partial charge in [0.1, 0.15) is 11.5 Å². The lowest BCUT2D eigenvalue weighted by molar-refractivity contribution is -0.120. The van der Waals surface area contributed by atoms with Gasteiger partial charge in [-0.15, -0.1) is 0 Å². The molecule has 1 aliphatic rings. The van der Waals surface area contributed by atoms with Gasteiger partial charge in [0.25, 0.3) is 0 Å². The van der Waals surface area contributed by atoms with Crippen LogP contribution in [0.4, 0.5) is 5.69 Å². The summed E-state index contributed by atoms with van der Waals surface area (Å²) in [7, 11) is -0.509. The van der Waals surface area contributed by atoms with Gasteiger partial charge in [0.05, 0.1) is 24.8 Å². The molecule has 8 heteroatoms. The number of hydrogen-bond acceptors (Lipinski definition) is 5. The zero-order valence-electron chi connectivity index (χ0n) is 18.7. The fourth-order valence-corrected chi connectivity index (χ4v) is 6.09. The van der Waals surface area contributed by atoms with Crippen molar-refractivity contribution in [2.24, 2.45) is 5.92 Å². The summed E-state index contributed by atoms with van der Waals surface area (Å²) in [5, 5.41) is 2.90. The lowest BCUT2D eigenvalue weighted by Crippen LogP contribution is -2.41. The third kappa shape index (κ3) is 4.85. The molecule has 31 heavy (non-hydrogen) atoms. The minimum Gasteiger partial charge on any atom is -0.497 e.